The van der Waals surface area contributed by atoms with Crippen molar-refractivity contribution in [3.63, 3.8) is 0 Å². The summed E-state index contributed by atoms with van der Waals surface area (Å²) in [6, 6.07) is 0. The first kappa shape index (κ1) is 80.0. The van der Waals surface area contributed by atoms with Gasteiger partial charge < -0.3 is 18.9 Å². The van der Waals surface area contributed by atoms with Crippen LogP contribution in [0.1, 0.15) is 348 Å². The molecule has 482 valence electrons. The number of carbonyl (C=O) groups is 2. The van der Waals surface area contributed by atoms with E-state index in [1.54, 1.807) is 0 Å². The van der Waals surface area contributed by atoms with E-state index in [1.165, 1.54) is 270 Å². The normalized spacial score (nSPS) is 13.4. The van der Waals surface area contributed by atoms with Crippen LogP contribution >= 0.6 is 7.82 Å². The van der Waals surface area contributed by atoms with Crippen molar-refractivity contribution in [3.8, 4) is 0 Å². The summed E-state index contributed by atoms with van der Waals surface area (Å²) >= 11 is 0. The Morgan fingerprint density at radius 3 is 0.988 bits per heavy atom. The third kappa shape index (κ3) is 67.1. The number of allylic oxidation sites excluding steroid dienone is 8. The Morgan fingerprint density at radius 2 is 0.659 bits per heavy atom. The van der Waals surface area contributed by atoms with Crippen LogP contribution in [0.2, 0.25) is 0 Å². The summed E-state index contributed by atoms with van der Waals surface area (Å²) in [7, 11) is 1.49. The SMILES string of the molecule is CCCCCCC/C=C\C/C=C\C/C=C\CCCCCCCCCCCCCCCCCCCCC(=O)OC(COC(=O)CCCCCCCCCCCCCCC/C=C\CCCCCCCCCC)COP(=O)(O)OCC[N+](C)(C)C. The lowest BCUT2D eigenvalue weighted by molar-refractivity contribution is -0.870. The van der Waals surface area contributed by atoms with Crippen molar-refractivity contribution in [2.45, 2.75) is 354 Å². The van der Waals surface area contributed by atoms with Gasteiger partial charge in [0.15, 0.2) is 6.10 Å². The van der Waals surface area contributed by atoms with Gasteiger partial charge in [0, 0.05) is 12.8 Å². The van der Waals surface area contributed by atoms with Gasteiger partial charge in [-0.1, -0.05) is 306 Å². The van der Waals surface area contributed by atoms with Crippen LogP contribution in [0.3, 0.4) is 0 Å². The van der Waals surface area contributed by atoms with Gasteiger partial charge in [0.25, 0.3) is 0 Å². The molecule has 9 nitrogen and oxygen atoms in total. The number of hydrogen-bond acceptors (Lipinski definition) is 7. The van der Waals surface area contributed by atoms with Gasteiger partial charge in [-0.25, -0.2) is 4.57 Å². The number of carbonyl (C=O) groups excluding carboxylic acids is 2. The summed E-state index contributed by atoms with van der Waals surface area (Å²) in [4.78, 5) is 35.9. The number of rotatable bonds is 66. The number of hydrogen-bond donors (Lipinski definition) is 1. The largest absolute Gasteiger partial charge is 0.472 e. The van der Waals surface area contributed by atoms with Crippen LogP contribution in [0.15, 0.2) is 48.6 Å². The molecule has 0 aliphatic heterocycles. The Kier molecular flexibility index (Phi) is 61.9. The minimum Gasteiger partial charge on any atom is -0.462 e. The third-order valence-electron chi connectivity index (χ3n) is 15.8. The van der Waals surface area contributed by atoms with Crippen molar-refractivity contribution in [3.05, 3.63) is 48.6 Å². The van der Waals surface area contributed by atoms with Crippen molar-refractivity contribution in [1.82, 2.24) is 0 Å². The monoisotopic (exact) mass is 1180 g/mol. The van der Waals surface area contributed by atoms with Crippen LogP contribution < -0.4 is 0 Å². The van der Waals surface area contributed by atoms with Gasteiger partial charge in [-0.3, -0.25) is 18.6 Å². The number of quaternary nitrogens is 1. The number of esters is 2. The molecule has 0 fully saturated rings. The van der Waals surface area contributed by atoms with Gasteiger partial charge in [-0.15, -0.1) is 0 Å². The molecule has 0 heterocycles. The molecule has 0 aliphatic rings. The molecule has 0 saturated carbocycles. The maximum absolute atomic E-state index is 12.9. The lowest BCUT2D eigenvalue weighted by atomic mass is 10.0. The van der Waals surface area contributed by atoms with E-state index in [1.807, 2.05) is 21.1 Å². The van der Waals surface area contributed by atoms with Crippen LogP contribution in [-0.2, 0) is 32.7 Å². The summed E-state index contributed by atoms with van der Waals surface area (Å²) < 4.78 is 34.7. The highest BCUT2D eigenvalue weighted by atomic mass is 31.2. The van der Waals surface area contributed by atoms with Gasteiger partial charge in [-0.05, 0) is 77.0 Å². The lowest BCUT2D eigenvalue weighted by Gasteiger charge is -2.24. The number of phosphoric ester groups is 1. The van der Waals surface area contributed by atoms with Crippen molar-refractivity contribution in [2.75, 3.05) is 47.5 Å². The molecule has 2 unspecified atom stereocenters. The first-order valence-corrected chi connectivity index (χ1v) is 36.9. The minimum absolute atomic E-state index is 0.0333. The molecule has 82 heavy (non-hydrogen) atoms. The van der Waals surface area contributed by atoms with E-state index in [0.29, 0.717) is 23.9 Å². The fourth-order valence-corrected chi connectivity index (χ4v) is 11.1. The molecular weight excluding hydrogens is 1040 g/mol. The Hall–Kier alpha value is -2.03. The molecule has 0 bridgehead atoms. The molecule has 0 aromatic rings. The average molecular weight is 1180 g/mol. The number of ether oxygens (including phenoxy) is 2. The molecule has 0 rings (SSSR count). The number of phosphoric acid groups is 1. The number of nitrogens with zero attached hydrogens (tertiary/aromatic N) is 1. The molecule has 0 saturated heterocycles. The van der Waals surface area contributed by atoms with Crippen molar-refractivity contribution < 1.29 is 42.1 Å². The van der Waals surface area contributed by atoms with E-state index in [9.17, 15) is 19.0 Å². The third-order valence-corrected chi connectivity index (χ3v) is 16.8. The van der Waals surface area contributed by atoms with Crippen LogP contribution in [0.4, 0.5) is 0 Å². The van der Waals surface area contributed by atoms with E-state index in [-0.39, 0.29) is 25.6 Å². The smallest absolute Gasteiger partial charge is 0.462 e. The molecule has 0 aliphatic carbocycles. The summed E-state index contributed by atoms with van der Waals surface area (Å²) in [6.45, 7) is 4.48. The van der Waals surface area contributed by atoms with E-state index in [4.69, 9.17) is 18.5 Å². The molecule has 0 spiro atoms. The van der Waals surface area contributed by atoms with Crippen molar-refractivity contribution in [1.29, 1.82) is 0 Å². The summed E-state index contributed by atoms with van der Waals surface area (Å²) in [6.07, 6.45) is 82.2. The number of unbranched alkanes of at least 4 members (excludes halogenated alkanes) is 44. The topological polar surface area (TPSA) is 108 Å². The fraction of sp³-hybridized carbons (Fsp3) is 0.861. The Bertz CT molecular complexity index is 1520. The highest BCUT2D eigenvalue weighted by Crippen LogP contribution is 2.43. The van der Waals surface area contributed by atoms with Gasteiger partial charge in [-0.2, -0.15) is 0 Å². The Labute approximate surface area is 509 Å². The van der Waals surface area contributed by atoms with E-state index in [0.717, 1.165) is 44.9 Å². The van der Waals surface area contributed by atoms with Crippen molar-refractivity contribution in [2.24, 2.45) is 0 Å². The highest BCUT2D eigenvalue weighted by molar-refractivity contribution is 7.47. The molecule has 0 amide bonds. The van der Waals surface area contributed by atoms with E-state index < -0.39 is 26.5 Å². The van der Waals surface area contributed by atoms with Crippen LogP contribution in [0.25, 0.3) is 0 Å². The second kappa shape index (κ2) is 63.5. The molecule has 2 atom stereocenters. The standard InChI is InChI=1S/C72H136NO8P/c1-6-8-10-12-14-16-18-20-22-24-26-28-30-32-33-34-35-36-37-38-39-41-43-45-47-49-51-53-55-57-59-61-63-65-72(75)81-70(69-80-82(76,77)79-67-66-73(3,4)5)68-78-71(74)64-62-60-58-56-54-52-50-48-46-44-42-40-31-29-27-25-23-21-19-17-15-13-11-9-7-2/h18,20,24-27,30,32,70H,6-17,19,21-23,28-29,31,33-69H2,1-5H3/p+1/b20-18-,26-24-,27-25-,32-30-. The number of likely N-dealkylation sites (N-methyl/N-ethyl adjacent to an activating group) is 1. The first-order valence-electron chi connectivity index (χ1n) is 35.4. The summed E-state index contributed by atoms with van der Waals surface area (Å²) in [5.74, 6) is -0.780. The predicted molar refractivity (Wildman–Crippen MR) is 353 cm³/mol. The maximum Gasteiger partial charge on any atom is 0.472 e. The predicted octanol–water partition coefficient (Wildman–Crippen LogP) is 22.8. The van der Waals surface area contributed by atoms with Crippen molar-refractivity contribution >= 4 is 19.8 Å². The summed E-state index contributed by atoms with van der Waals surface area (Å²) in [5, 5.41) is 0. The van der Waals surface area contributed by atoms with Gasteiger partial charge in [0.2, 0.25) is 0 Å². The zero-order valence-corrected chi connectivity index (χ0v) is 55.9. The van der Waals surface area contributed by atoms with Gasteiger partial charge in [0.1, 0.15) is 19.8 Å². The second-order valence-electron chi connectivity index (χ2n) is 25.3. The van der Waals surface area contributed by atoms with Crippen LogP contribution in [-0.4, -0.2) is 74.9 Å². The van der Waals surface area contributed by atoms with Gasteiger partial charge in [0.05, 0.1) is 27.7 Å². The Balaban J connectivity index is 4.00. The zero-order chi connectivity index (χ0) is 59.8. The van der Waals surface area contributed by atoms with E-state index in [2.05, 4.69) is 62.5 Å². The highest BCUT2D eigenvalue weighted by Gasteiger charge is 2.27. The maximum atomic E-state index is 12.9. The van der Waals surface area contributed by atoms with Crippen LogP contribution in [0, 0.1) is 0 Å². The second-order valence-corrected chi connectivity index (χ2v) is 26.7. The zero-order valence-electron chi connectivity index (χ0n) is 55.0. The van der Waals surface area contributed by atoms with E-state index >= 15 is 0 Å². The first-order chi connectivity index (χ1) is 40.0. The lowest BCUT2D eigenvalue weighted by Crippen LogP contribution is -2.37. The quantitative estimate of drug-likeness (QED) is 0.0211. The molecular formula is C72H137NO8P+. The van der Waals surface area contributed by atoms with Gasteiger partial charge >= 0.3 is 19.8 Å². The molecule has 0 radical (unpaired) electrons. The molecule has 10 heteroatoms. The minimum atomic E-state index is -4.39. The Morgan fingerprint density at radius 1 is 0.378 bits per heavy atom. The average Bonchev–Trinajstić information content (AvgIpc) is 3.46. The molecule has 1 N–H and O–H groups in total. The summed E-state index contributed by atoms with van der Waals surface area (Å²) in [5.41, 5.74) is 0. The van der Waals surface area contributed by atoms with Crippen LogP contribution in [0.5, 0.6) is 0 Å². The molecule has 0 aromatic carbocycles. The molecule has 0 aromatic heterocycles. The fourth-order valence-electron chi connectivity index (χ4n) is 10.4.